The van der Waals surface area contributed by atoms with Crippen LogP contribution in [0.2, 0.25) is 0 Å². The number of hydrogen-bond donors (Lipinski definition) is 1. The van der Waals surface area contributed by atoms with Crippen molar-refractivity contribution in [3.05, 3.63) is 101 Å². The number of rotatable bonds is 7. The molecule has 1 amide bonds. The fourth-order valence-corrected chi connectivity index (χ4v) is 2.80. The van der Waals surface area contributed by atoms with Crippen molar-refractivity contribution in [2.45, 2.75) is 12.8 Å². The summed E-state index contributed by atoms with van der Waals surface area (Å²) in [7, 11) is 0. The van der Waals surface area contributed by atoms with E-state index in [0.29, 0.717) is 17.7 Å². The van der Waals surface area contributed by atoms with Crippen LogP contribution < -0.4 is 5.32 Å². The van der Waals surface area contributed by atoms with Crippen LogP contribution in [0.15, 0.2) is 78.9 Å². The SMILES string of the molecule is O=C(COC(=O)c1ccccc1CCc1ccccc1)Nc1ccc(F)cc1. The molecule has 28 heavy (non-hydrogen) atoms. The molecule has 0 aliphatic heterocycles. The van der Waals surface area contributed by atoms with Crippen LogP contribution >= 0.6 is 0 Å². The van der Waals surface area contributed by atoms with Gasteiger partial charge in [0.15, 0.2) is 6.61 Å². The summed E-state index contributed by atoms with van der Waals surface area (Å²) in [6.45, 7) is -0.413. The fraction of sp³-hybridized carbons (Fsp3) is 0.130. The van der Waals surface area contributed by atoms with Gasteiger partial charge in [0.05, 0.1) is 5.56 Å². The van der Waals surface area contributed by atoms with Crippen LogP contribution in [0, 0.1) is 5.82 Å². The zero-order valence-corrected chi connectivity index (χ0v) is 15.2. The van der Waals surface area contributed by atoms with E-state index in [9.17, 15) is 14.0 Å². The lowest BCUT2D eigenvalue weighted by molar-refractivity contribution is -0.119. The number of carbonyl (C=O) groups is 2. The van der Waals surface area contributed by atoms with Crippen molar-refractivity contribution in [2.24, 2.45) is 0 Å². The van der Waals surface area contributed by atoms with Gasteiger partial charge < -0.3 is 10.1 Å². The summed E-state index contributed by atoms with van der Waals surface area (Å²) >= 11 is 0. The van der Waals surface area contributed by atoms with Gasteiger partial charge in [-0.2, -0.15) is 0 Å². The number of esters is 1. The van der Waals surface area contributed by atoms with Crippen molar-refractivity contribution < 1.29 is 18.7 Å². The molecule has 4 nitrogen and oxygen atoms in total. The van der Waals surface area contributed by atoms with Gasteiger partial charge >= 0.3 is 5.97 Å². The Morgan fingerprint density at radius 1 is 0.821 bits per heavy atom. The second-order valence-electron chi connectivity index (χ2n) is 6.27. The summed E-state index contributed by atoms with van der Waals surface area (Å²) in [4.78, 5) is 24.4. The molecule has 0 radical (unpaired) electrons. The third kappa shape index (κ3) is 5.51. The van der Waals surface area contributed by atoms with Gasteiger partial charge in [-0.05, 0) is 54.3 Å². The standard InChI is InChI=1S/C23H20FNO3/c24-19-12-14-20(15-13-19)25-22(26)16-28-23(27)21-9-5-4-8-18(21)11-10-17-6-2-1-3-7-17/h1-9,12-15H,10-11,16H2,(H,25,26). The van der Waals surface area contributed by atoms with E-state index < -0.39 is 24.3 Å². The van der Waals surface area contributed by atoms with Crippen molar-refractivity contribution in [1.82, 2.24) is 0 Å². The Hall–Kier alpha value is -3.47. The van der Waals surface area contributed by atoms with Crippen LogP contribution in [-0.2, 0) is 22.4 Å². The number of nitrogens with one attached hydrogen (secondary N) is 1. The summed E-state index contributed by atoms with van der Waals surface area (Å²) in [6.07, 6.45) is 1.49. The zero-order chi connectivity index (χ0) is 19.8. The van der Waals surface area contributed by atoms with Crippen LogP contribution in [0.1, 0.15) is 21.5 Å². The Labute approximate surface area is 163 Å². The van der Waals surface area contributed by atoms with Gasteiger partial charge in [0, 0.05) is 5.69 Å². The number of carbonyl (C=O) groups excluding carboxylic acids is 2. The molecule has 0 aromatic heterocycles. The molecule has 5 heteroatoms. The quantitative estimate of drug-likeness (QED) is 0.621. The van der Waals surface area contributed by atoms with Crippen LogP contribution in [0.4, 0.5) is 10.1 Å². The third-order valence-corrected chi connectivity index (χ3v) is 4.23. The Balaban J connectivity index is 1.56. The average molecular weight is 377 g/mol. The first-order chi connectivity index (χ1) is 13.6. The fourth-order valence-electron chi connectivity index (χ4n) is 2.80. The van der Waals surface area contributed by atoms with E-state index in [1.54, 1.807) is 12.1 Å². The highest BCUT2D eigenvalue weighted by Crippen LogP contribution is 2.14. The Kier molecular flexibility index (Phi) is 6.52. The molecule has 0 heterocycles. The normalized spacial score (nSPS) is 10.3. The lowest BCUT2D eigenvalue weighted by Gasteiger charge is -2.10. The minimum absolute atomic E-state index is 0.392. The third-order valence-electron chi connectivity index (χ3n) is 4.23. The molecule has 142 valence electrons. The van der Waals surface area contributed by atoms with Crippen LogP contribution in [0.5, 0.6) is 0 Å². The molecule has 0 aliphatic carbocycles. The molecule has 0 bridgehead atoms. The van der Waals surface area contributed by atoms with Gasteiger partial charge in [0.2, 0.25) is 0 Å². The van der Waals surface area contributed by atoms with E-state index in [-0.39, 0.29) is 0 Å². The molecule has 1 N–H and O–H groups in total. The number of halogens is 1. The summed E-state index contributed by atoms with van der Waals surface area (Å²) in [6, 6.07) is 22.6. The predicted octanol–water partition coefficient (Wildman–Crippen LogP) is 4.41. The lowest BCUT2D eigenvalue weighted by atomic mass is 10.00. The summed E-state index contributed by atoms with van der Waals surface area (Å²) in [5, 5.41) is 2.55. The van der Waals surface area contributed by atoms with Crippen molar-refractivity contribution in [3.63, 3.8) is 0 Å². The van der Waals surface area contributed by atoms with E-state index >= 15 is 0 Å². The van der Waals surface area contributed by atoms with Gasteiger partial charge in [0.25, 0.3) is 5.91 Å². The van der Waals surface area contributed by atoms with Crippen LogP contribution in [0.25, 0.3) is 0 Å². The first-order valence-corrected chi connectivity index (χ1v) is 8.96. The summed E-state index contributed by atoms with van der Waals surface area (Å²) < 4.78 is 18.0. The average Bonchev–Trinajstić information content (AvgIpc) is 2.73. The number of benzene rings is 3. The minimum Gasteiger partial charge on any atom is -0.452 e. The van der Waals surface area contributed by atoms with Crippen LogP contribution in [-0.4, -0.2) is 18.5 Å². The molecule has 3 rings (SSSR count). The van der Waals surface area contributed by atoms with Crippen molar-refractivity contribution in [2.75, 3.05) is 11.9 Å². The maximum atomic E-state index is 12.9. The van der Waals surface area contributed by atoms with Gasteiger partial charge in [-0.3, -0.25) is 4.79 Å². The first-order valence-electron chi connectivity index (χ1n) is 8.96. The van der Waals surface area contributed by atoms with Crippen molar-refractivity contribution in [1.29, 1.82) is 0 Å². The number of anilines is 1. The van der Waals surface area contributed by atoms with E-state index in [4.69, 9.17) is 4.74 Å². The second kappa shape index (κ2) is 9.46. The molecular formula is C23H20FNO3. The summed E-state index contributed by atoms with van der Waals surface area (Å²) in [5.74, 6) is -1.42. The first kappa shape index (κ1) is 19.3. The van der Waals surface area contributed by atoms with E-state index in [1.807, 2.05) is 42.5 Å². The summed E-state index contributed by atoms with van der Waals surface area (Å²) in [5.41, 5.74) is 2.94. The Bertz CT molecular complexity index is 940. The van der Waals surface area contributed by atoms with E-state index in [1.165, 1.54) is 29.8 Å². The number of ether oxygens (including phenoxy) is 1. The molecular weight excluding hydrogens is 357 g/mol. The van der Waals surface area contributed by atoms with Gasteiger partial charge in [-0.1, -0.05) is 48.5 Å². The lowest BCUT2D eigenvalue weighted by Crippen LogP contribution is -2.21. The number of amides is 1. The Morgan fingerprint density at radius 2 is 1.50 bits per heavy atom. The number of hydrogen-bond acceptors (Lipinski definition) is 3. The van der Waals surface area contributed by atoms with E-state index in [2.05, 4.69) is 5.32 Å². The highest BCUT2D eigenvalue weighted by Gasteiger charge is 2.14. The van der Waals surface area contributed by atoms with Crippen molar-refractivity contribution in [3.8, 4) is 0 Å². The highest BCUT2D eigenvalue weighted by molar-refractivity contribution is 5.96. The largest absolute Gasteiger partial charge is 0.452 e. The smallest absolute Gasteiger partial charge is 0.338 e. The molecule has 0 unspecified atom stereocenters. The van der Waals surface area contributed by atoms with Gasteiger partial charge in [-0.25, -0.2) is 9.18 Å². The molecule has 3 aromatic rings. The maximum absolute atomic E-state index is 12.9. The molecule has 0 fully saturated rings. The maximum Gasteiger partial charge on any atom is 0.338 e. The molecule has 0 atom stereocenters. The monoisotopic (exact) mass is 377 g/mol. The highest BCUT2D eigenvalue weighted by atomic mass is 19.1. The molecule has 0 saturated carbocycles. The molecule has 0 aliphatic rings. The van der Waals surface area contributed by atoms with Gasteiger partial charge in [0.1, 0.15) is 5.82 Å². The Morgan fingerprint density at radius 3 is 2.25 bits per heavy atom. The minimum atomic E-state index is -0.544. The van der Waals surface area contributed by atoms with Gasteiger partial charge in [-0.15, -0.1) is 0 Å². The number of aryl methyl sites for hydroxylation is 2. The molecule has 0 saturated heterocycles. The van der Waals surface area contributed by atoms with Crippen LogP contribution in [0.3, 0.4) is 0 Å². The molecule has 3 aromatic carbocycles. The topological polar surface area (TPSA) is 55.4 Å². The molecule has 0 spiro atoms. The predicted molar refractivity (Wildman–Crippen MR) is 106 cm³/mol. The van der Waals surface area contributed by atoms with E-state index in [0.717, 1.165) is 12.0 Å². The zero-order valence-electron chi connectivity index (χ0n) is 15.2. The second-order valence-corrected chi connectivity index (χ2v) is 6.27. The van der Waals surface area contributed by atoms with Crippen molar-refractivity contribution >= 4 is 17.6 Å².